The van der Waals surface area contributed by atoms with Gasteiger partial charge in [0.1, 0.15) is 0 Å². The second-order valence-corrected chi connectivity index (χ2v) is 9.26. The molecule has 0 radical (unpaired) electrons. The normalized spacial score (nSPS) is 25.9. The first-order chi connectivity index (χ1) is 15.3. The molecule has 164 valence electrons. The average Bonchev–Trinajstić information content (AvgIpc) is 3.47. The van der Waals surface area contributed by atoms with Crippen LogP contribution in [0.15, 0.2) is 42.5 Å². The second-order valence-electron chi connectivity index (χ2n) is 9.26. The lowest BCUT2D eigenvalue weighted by atomic mass is 9.81. The number of Topliss-reactive ketones (excluding diaryl/α,β-unsaturated/α-hetero) is 1. The molecule has 2 aromatic carbocycles. The van der Waals surface area contributed by atoms with Gasteiger partial charge in [0.2, 0.25) is 17.6 Å². The molecule has 2 aliphatic carbocycles. The summed E-state index contributed by atoms with van der Waals surface area (Å²) in [4.78, 5) is 52.5. The molecule has 6 nitrogen and oxygen atoms in total. The fourth-order valence-corrected chi connectivity index (χ4v) is 5.76. The van der Waals surface area contributed by atoms with Gasteiger partial charge in [-0.05, 0) is 74.8 Å². The van der Waals surface area contributed by atoms with Gasteiger partial charge in [-0.3, -0.25) is 19.3 Å². The Morgan fingerprint density at radius 1 is 0.969 bits per heavy atom. The molecule has 2 aromatic rings. The number of nitrogens with zero attached hydrogens (tertiary/aromatic N) is 1. The topological polar surface area (TPSA) is 80.8 Å². The lowest BCUT2D eigenvalue weighted by Crippen LogP contribution is -2.32. The largest absolute Gasteiger partial charge is 0.454 e. The van der Waals surface area contributed by atoms with E-state index in [0.29, 0.717) is 23.1 Å². The van der Waals surface area contributed by atoms with Crippen LogP contribution in [0.4, 0.5) is 5.69 Å². The summed E-state index contributed by atoms with van der Waals surface area (Å²) in [6.07, 6.45) is 3.00. The number of benzene rings is 2. The Hall–Kier alpha value is -3.28. The van der Waals surface area contributed by atoms with Crippen molar-refractivity contribution in [1.82, 2.24) is 0 Å². The minimum atomic E-state index is -0.662. The summed E-state index contributed by atoms with van der Waals surface area (Å²) in [5, 5.41) is 0. The van der Waals surface area contributed by atoms with Gasteiger partial charge in [0.25, 0.3) is 0 Å². The van der Waals surface area contributed by atoms with Gasteiger partial charge < -0.3 is 4.74 Å². The monoisotopic (exact) mass is 431 g/mol. The maximum atomic E-state index is 13.0. The summed E-state index contributed by atoms with van der Waals surface area (Å²) in [7, 11) is 0. The number of esters is 1. The first-order valence-corrected chi connectivity index (χ1v) is 11.1. The number of hydrogen-bond acceptors (Lipinski definition) is 5. The highest BCUT2D eigenvalue weighted by Crippen LogP contribution is 2.56. The zero-order chi connectivity index (χ0) is 22.6. The molecule has 1 aliphatic heterocycles. The van der Waals surface area contributed by atoms with E-state index >= 15 is 0 Å². The molecule has 2 bridgehead atoms. The Bertz CT molecular complexity index is 1120. The van der Waals surface area contributed by atoms with Gasteiger partial charge in [0.05, 0.1) is 23.1 Å². The highest BCUT2D eigenvalue weighted by Gasteiger charge is 2.61. The van der Waals surface area contributed by atoms with E-state index in [2.05, 4.69) is 0 Å². The number of fused-ring (bicyclic) bond motifs is 5. The van der Waals surface area contributed by atoms with Gasteiger partial charge in [0, 0.05) is 5.56 Å². The van der Waals surface area contributed by atoms with E-state index in [1.807, 2.05) is 26.0 Å². The quantitative estimate of drug-likeness (QED) is 0.408. The zero-order valence-electron chi connectivity index (χ0n) is 18.2. The van der Waals surface area contributed by atoms with Crippen LogP contribution in [0.1, 0.15) is 51.1 Å². The van der Waals surface area contributed by atoms with Crippen LogP contribution in [-0.4, -0.2) is 30.2 Å². The molecule has 3 fully saturated rings. The van der Waals surface area contributed by atoms with E-state index in [1.165, 1.54) is 11.0 Å². The molecule has 0 aromatic heterocycles. The minimum Gasteiger partial charge on any atom is -0.454 e. The van der Waals surface area contributed by atoms with Gasteiger partial charge in [-0.15, -0.1) is 0 Å². The van der Waals surface area contributed by atoms with Crippen LogP contribution >= 0.6 is 0 Å². The van der Waals surface area contributed by atoms with E-state index in [4.69, 9.17) is 4.74 Å². The summed E-state index contributed by atoms with van der Waals surface area (Å²) < 4.78 is 5.25. The number of imide groups is 1. The van der Waals surface area contributed by atoms with Crippen LogP contribution in [-0.2, 0) is 14.3 Å². The first kappa shape index (κ1) is 20.6. The Morgan fingerprint density at radius 2 is 1.66 bits per heavy atom. The average molecular weight is 431 g/mol. The highest BCUT2D eigenvalue weighted by atomic mass is 16.5. The molecular formula is C26H25NO5. The van der Waals surface area contributed by atoms with Crippen LogP contribution in [0, 0.1) is 37.5 Å². The SMILES string of the molecule is Cc1ccc(C)c(C(=O)COC(=O)c2cccc(N3C(=O)[C@@H]4[C@H]5CC[C@@H](C5)[C@@H]4C3=O)c2)c1. The number of amides is 2. The molecule has 0 unspecified atom stereocenters. The Morgan fingerprint density at radius 3 is 2.34 bits per heavy atom. The van der Waals surface area contributed by atoms with Gasteiger partial charge >= 0.3 is 5.97 Å². The third-order valence-corrected chi connectivity index (χ3v) is 7.30. The Balaban J connectivity index is 1.31. The van der Waals surface area contributed by atoms with Crippen LogP contribution in [0.5, 0.6) is 0 Å². The number of rotatable bonds is 5. The number of aryl methyl sites for hydroxylation is 2. The standard InChI is InChI=1S/C26H25NO5/c1-14-6-7-15(2)20(10-14)21(28)13-32-26(31)18-4-3-5-19(12-18)27-24(29)22-16-8-9-17(11-16)23(22)25(27)30/h3-7,10,12,16-17,22-23H,8-9,11,13H2,1-2H3/t16-,17-,22-,23+/m0/s1. The van der Waals surface area contributed by atoms with Crippen molar-refractivity contribution < 1.29 is 23.9 Å². The molecule has 3 aliphatic rings. The van der Waals surface area contributed by atoms with Crippen molar-refractivity contribution in [1.29, 1.82) is 0 Å². The lowest BCUT2D eigenvalue weighted by molar-refractivity contribution is -0.123. The van der Waals surface area contributed by atoms with Crippen molar-refractivity contribution in [2.24, 2.45) is 23.7 Å². The summed E-state index contributed by atoms with van der Waals surface area (Å²) in [6, 6.07) is 11.9. The molecule has 2 saturated carbocycles. The number of carbonyl (C=O) groups is 4. The Labute approximate surface area is 186 Å². The molecule has 1 heterocycles. The van der Waals surface area contributed by atoms with Gasteiger partial charge in [0.15, 0.2) is 6.61 Å². The van der Waals surface area contributed by atoms with E-state index < -0.39 is 5.97 Å². The molecule has 6 heteroatoms. The summed E-state index contributed by atoms with van der Waals surface area (Å²) in [5.74, 6) is -1.06. The van der Waals surface area contributed by atoms with Gasteiger partial charge in [-0.2, -0.15) is 0 Å². The molecule has 1 saturated heterocycles. The number of carbonyl (C=O) groups excluding carboxylic acids is 4. The van der Waals surface area contributed by atoms with Crippen molar-refractivity contribution in [3.8, 4) is 0 Å². The molecule has 5 rings (SSSR count). The number of hydrogen-bond donors (Lipinski definition) is 0. The number of ketones is 1. The summed E-state index contributed by atoms with van der Waals surface area (Å²) >= 11 is 0. The third-order valence-electron chi connectivity index (χ3n) is 7.30. The van der Waals surface area contributed by atoms with Gasteiger partial charge in [-0.25, -0.2) is 4.79 Å². The van der Waals surface area contributed by atoms with E-state index in [-0.39, 0.29) is 41.6 Å². The highest BCUT2D eigenvalue weighted by molar-refractivity contribution is 6.22. The first-order valence-electron chi connectivity index (χ1n) is 11.1. The third kappa shape index (κ3) is 3.25. The molecule has 0 spiro atoms. The van der Waals surface area contributed by atoms with Crippen molar-refractivity contribution >= 4 is 29.3 Å². The van der Waals surface area contributed by atoms with E-state index in [9.17, 15) is 19.2 Å². The zero-order valence-corrected chi connectivity index (χ0v) is 18.2. The maximum absolute atomic E-state index is 13.0. The van der Waals surface area contributed by atoms with Crippen molar-refractivity contribution in [2.75, 3.05) is 11.5 Å². The predicted molar refractivity (Wildman–Crippen MR) is 117 cm³/mol. The van der Waals surface area contributed by atoms with E-state index in [0.717, 1.165) is 30.4 Å². The molecule has 0 N–H and O–H groups in total. The predicted octanol–water partition coefficient (Wildman–Crippen LogP) is 3.88. The lowest BCUT2D eigenvalue weighted by Gasteiger charge is -2.19. The van der Waals surface area contributed by atoms with Crippen molar-refractivity contribution in [3.63, 3.8) is 0 Å². The summed E-state index contributed by atoms with van der Waals surface area (Å²) in [6.45, 7) is 3.36. The number of ether oxygens (including phenoxy) is 1. The fourth-order valence-electron chi connectivity index (χ4n) is 5.76. The fraction of sp³-hybridized carbons (Fsp3) is 0.385. The van der Waals surface area contributed by atoms with Crippen molar-refractivity contribution in [2.45, 2.75) is 33.1 Å². The second kappa shape index (κ2) is 7.69. The smallest absolute Gasteiger partial charge is 0.338 e. The molecule has 4 atom stereocenters. The molecular weight excluding hydrogens is 406 g/mol. The maximum Gasteiger partial charge on any atom is 0.338 e. The van der Waals surface area contributed by atoms with Crippen molar-refractivity contribution in [3.05, 3.63) is 64.7 Å². The van der Waals surface area contributed by atoms with Crippen LogP contribution in [0.2, 0.25) is 0 Å². The Kier molecular flexibility index (Phi) is 4.96. The molecule has 2 amide bonds. The van der Waals surface area contributed by atoms with E-state index in [1.54, 1.807) is 24.3 Å². The number of anilines is 1. The molecule has 32 heavy (non-hydrogen) atoms. The summed E-state index contributed by atoms with van der Waals surface area (Å²) in [5.41, 5.74) is 2.90. The van der Waals surface area contributed by atoms with Crippen LogP contribution in [0.25, 0.3) is 0 Å². The minimum absolute atomic E-state index is 0.150. The van der Waals surface area contributed by atoms with Crippen LogP contribution < -0.4 is 4.90 Å². The van der Waals surface area contributed by atoms with Gasteiger partial charge in [-0.1, -0.05) is 23.8 Å². The van der Waals surface area contributed by atoms with Crippen LogP contribution in [0.3, 0.4) is 0 Å².